The van der Waals surface area contributed by atoms with Gasteiger partial charge >= 0.3 is 0 Å². The van der Waals surface area contributed by atoms with E-state index in [4.69, 9.17) is 5.73 Å². The molecule has 1 aromatic heterocycles. The Balaban J connectivity index is 3.11. The molecule has 0 spiro atoms. The van der Waals surface area contributed by atoms with Crippen LogP contribution in [0, 0.1) is 6.92 Å². The Morgan fingerprint density at radius 2 is 2.19 bits per heavy atom. The number of carbonyl (C=O) groups excluding carboxylic acids is 1. The van der Waals surface area contributed by atoms with Crippen LogP contribution in [0.1, 0.15) is 4.88 Å². The summed E-state index contributed by atoms with van der Waals surface area (Å²) in [5.41, 5.74) is 4.96. The van der Waals surface area contributed by atoms with Crippen molar-refractivity contribution >= 4 is 43.2 Å². The molecule has 0 aliphatic heterocycles. The first kappa shape index (κ1) is 13.6. The molecule has 1 aromatic rings. The molecule has 0 unspecified atom stereocenters. The minimum Gasteiger partial charge on any atom is -0.369 e. The average Bonchev–Trinajstić information content (AvgIpc) is 2.44. The van der Waals surface area contributed by atoms with Crippen molar-refractivity contribution in [2.24, 2.45) is 5.73 Å². The highest BCUT2D eigenvalue weighted by atomic mass is 79.9. The van der Waals surface area contributed by atoms with Crippen molar-refractivity contribution in [3.05, 3.63) is 14.7 Å². The molecule has 2 N–H and O–H groups in total. The zero-order chi connectivity index (χ0) is 12.5. The van der Waals surface area contributed by atoms with Gasteiger partial charge in [0.05, 0.1) is 15.2 Å². The van der Waals surface area contributed by atoms with Gasteiger partial charge in [-0.05, 0) is 28.9 Å². The second-order valence-electron chi connectivity index (χ2n) is 3.20. The molecule has 1 rings (SSSR count). The molecule has 1 heterocycles. The molecule has 1 amide bonds. The first-order chi connectivity index (χ1) is 7.25. The molecule has 5 nitrogen and oxygen atoms in total. The van der Waals surface area contributed by atoms with E-state index in [1.165, 1.54) is 24.5 Å². The van der Waals surface area contributed by atoms with E-state index < -0.39 is 15.9 Å². The van der Waals surface area contributed by atoms with E-state index in [0.29, 0.717) is 4.88 Å². The minimum absolute atomic E-state index is 0.202. The molecule has 90 valence electrons. The van der Waals surface area contributed by atoms with Crippen LogP contribution in [0.25, 0.3) is 0 Å². The Morgan fingerprint density at radius 3 is 2.56 bits per heavy atom. The number of nitrogens with zero attached hydrogens (tertiary/aromatic N) is 1. The molecular formula is C8H11BrN2O3S2. The third-order valence-corrected chi connectivity index (χ3v) is 5.52. The average molecular weight is 327 g/mol. The highest BCUT2D eigenvalue weighted by molar-refractivity contribution is 9.11. The quantitative estimate of drug-likeness (QED) is 0.893. The summed E-state index contributed by atoms with van der Waals surface area (Å²) in [6.07, 6.45) is 0. The molecule has 0 fully saturated rings. The van der Waals surface area contributed by atoms with Gasteiger partial charge in [0.1, 0.15) is 0 Å². The molecule has 0 saturated carbocycles. The van der Waals surface area contributed by atoms with Gasteiger partial charge in [-0.3, -0.25) is 4.79 Å². The Bertz CT molecular complexity index is 509. The van der Waals surface area contributed by atoms with Gasteiger partial charge in [0.25, 0.3) is 0 Å². The fourth-order valence-electron chi connectivity index (χ4n) is 1.16. The number of likely N-dealkylation sites (N-methyl/N-ethyl adjacent to an activating group) is 1. The number of nitrogens with two attached hydrogens (primary N) is 1. The number of hydrogen-bond donors (Lipinski definition) is 1. The van der Waals surface area contributed by atoms with Crippen molar-refractivity contribution in [1.82, 2.24) is 4.31 Å². The molecule has 0 atom stereocenters. The summed E-state index contributed by atoms with van der Waals surface area (Å²) in [5.74, 6) is -0.682. The van der Waals surface area contributed by atoms with Crippen LogP contribution in [-0.4, -0.2) is 32.2 Å². The van der Waals surface area contributed by atoms with E-state index in [0.717, 1.165) is 8.09 Å². The van der Waals surface area contributed by atoms with Crippen LogP contribution < -0.4 is 5.73 Å². The van der Waals surface area contributed by atoms with E-state index in [9.17, 15) is 13.2 Å². The lowest BCUT2D eigenvalue weighted by Gasteiger charge is -2.14. The summed E-state index contributed by atoms with van der Waals surface area (Å²) in [7, 11) is -2.31. The number of sulfonamides is 1. The van der Waals surface area contributed by atoms with E-state index in [1.54, 1.807) is 6.92 Å². The number of aryl methyl sites for hydroxylation is 1. The smallest absolute Gasteiger partial charge is 0.244 e. The number of amides is 1. The summed E-state index contributed by atoms with van der Waals surface area (Å²) in [5, 5.41) is 0. The molecule has 0 aromatic carbocycles. The van der Waals surface area contributed by atoms with Crippen molar-refractivity contribution < 1.29 is 13.2 Å². The van der Waals surface area contributed by atoms with Gasteiger partial charge in [-0.15, -0.1) is 11.3 Å². The molecule has 0 aliphatic carbocycles. The van der Waals surface area contributed by atoms with Crippen LogP contribution in [0.15, 0.2) is 14.7 Å². The molecule has 0 aliphatic rings. The predicted octanol–water partition coefficient (Wildman–Crippen LogP) is 0.925. The summed E-state index contributed by atoms with van der Waals surface area (Å²) >= 11 is 4.55. The maximum atomic E-state index is 12.0. The molecule has 0 saturated heterocycles. The number of primary amides is 1. The fraction of sp³-hybridized carbons (Fsp3) is 0.375. The molecule has 8 heteroatoms. The maximum absolute atomic E-state index is 12.0. The summed E-state index contributed by atoms with van der Waals surface area (Å²) in [6.45, 7) is 1.38. The number of rotatable bonds is 4. The lowest BCUT2D eigenvalue weighted by atomic mass is 10.5. The minimum atomic E-state index is -3.63. The van der Waals surface area contributed by atoms with Crippen LogP contribution in [0.3, 0.4) is 0 Å². The van der Waals surface area contributed by atoms with Gasteiger partial charge in [0.2, 0.25) is 15.9 Å². The lowest BCUT2D eigenvalue weighted by Crippen LogP contribution is -2.35. The largest absolute Gasteiger partial charge is 0.369 e. The molecule has 0 radical (unpaired) electrons. The van der Waals surface area contributed by atoms with Crippen LogP contribution in [0.5, 0.6) is 0 Å². The Kier molecular flexibility index (Phi) is 4.11. The van der Waals surface area contributed by atoms with Crippen LogP contribution in [0.4, 0.5) is 0 Å². The van der Waals surface area contributed by atoms with Crippen molar-refractivity contribution in [1.29, 1.82) is 0 Å². The van der Waals surface area contributed by atoms with Crippen molar-refractivity contribution in [3.8, 4) is 0 Å². The molecule has 0 bridgehead atoms. The Hall–Kier alpha value is -0.440. The SMILES string of the molecule is Cc1sc(Br)cc1S(=O)(=O)N(C)CC(N)=O. The normalized spacial score (nSPS) is 12.0. The van der Waals surface area contributed by atoms with E-state index in [1.807, 2.05) is 0 Å². The third-order valence-electron chi connectivity index (χ3n) is 1.91. The molecular weight excluding hydrogens is 316 g/mol. The zero-order valence-corrected chi connectivity index (χ0v) is 11.9. The molecule has 16 heavy (non-hydrogen) atoms. The second-order valence-corrected chi connectivity index (χ2v) is 7.85. The van der Waals surface area contributed by atoms with Gasteiger partial charge in [-0.1, -0.05) is 0 Å². The Labute approximate surface area is 106 Å². The number of carbonyl (C=O) groups is 1. The van der Waals surface area contributed by atoms with Crippen LogP contribution >= 0.6 is 27.3 Å². The third kappa shape index (κ3) is 2.82. The van der Waals surface area contributed by atoms with Crippen molar-refractivity contribution in [2.45, 2.75) is 11.8 Å². The standard InChI is InChI=1S/C8H11BrN2O3S2/c1-5-6(3-7(9)15-5)16(13,14)11(2)4-8(10)12/h3H,4H2,1-2H3,(H2,10,12). The van der Waals surface area contributed by atoms with Gasteiger partial charge < -0.3 is 5.73 Å². The van der Waals surface area contributed by atoms with Crippen molar-refractivity contribution in [3.63, 3.8) is 0 Å². The van der Waals surface area contributed by atoms with Crippen molar-refractivity contribution in [2.75, 3.05) is 13.6 Å². The zero-order valence-electron chi connectivity index (χ0n) is 8.73. The topological polar surface area (TPSA) is 80.5 Å². The van der Waals surface area contributed by atoms with Gasteiger partial charge in [-0.25, -0.2) is 8.42 Å². The first-order valence-electron chi connectivity index (χ1n) is 4.25. The highest BCUT2D eigenvalue weighted by Crippen LogP contribution is 2.30. The van der Waals surface area contributed by atoms with Crippen LogP contribution in [-0.2, 0) is 14.8 Å². The number of thiophene rings is 1. The monoisotopic (exact) mass is 326 g/mol. The number of hydrogen-bond acceptors (Lipinski definition) is 4. The fourth-order valence-corrected chi connectivity index (χ4v) is 4.68. The Morgan fingerprint density at radius 1 is 1.62 bits per heavy atom. The lowest BCUT2D eigenvalue weighted by molar-refractivity contribution is -0.118. The van der Waals surface area contributed by atoms with Gasteiger partial charge in [0, 0.05) is 11.9 Å². The van der Waals surface area contributed by atoms with E-state index >= 15 is 0 Å². The predicted molar refractivity (Wildman–Crippen MR) is 65.8 cm³/mol. The van der Waals surface area contributed by atoms with E-state index in [2.05, 4.69) is 15.9 Å². The maximum Gasteiger partial charge on any atom is 0.244 e. The summed E-state index contributed by atoms with van der Waals surface area (Å²) in [4.78, 5) is 11.6. The number of halogens is 1. The van der Waals surface area contributed by atoms with E-state index in [-0.39, 0.29) is 11.4 Å². The van der Waals surface area contributed by atoms with Gasteiger partial charge in [-0.2, -0.15) is 4.31 Å². The summed E-state index contributed by atoms with van der Waals surface area (Å²) in [6, 6.07) is 1.52. The second kappa shape index (κ2) is 4.82. The van der Waals surface area contributed by atoms with Crippen LogP contribution in [0.2, 0.25) is 0 Å². The first-order valence-corrected chi connectivity index (χ1v) is 7.30. The summed E-state index contributed by atoms with van der Waals surface area (Å²) < 4.78 is 25.7. The van der Waals surface area contributed by atoms with Gasteiger partial charge in [0.15, 0.2) is 0 Å². The highest BCUT2D eigenvalue weighted by Gasteiger charge is 2.25.